The molecule has 1 heterocycles. The van der Waals surface area contributed by atoms with Gasteiger partial charge in [0.1, 0.15) is 0 Å². The van der Waals surface area contributed by atoms with Crippen LogP contribution in [-0.4, -0.2) is 48.8 Å². The Morgan fingerprint density at radius 1 is 1.31 bits per heavy atom. The van der Waals surface area contributed by atoms with Crippen LogP contribution in [0.15, 0.2) is 0 Å². The van der Waals surface area contributed by atoms with E-state index in [2.05, 4.69) is 10.2 Å². The van der Waals surface area contributed by atoms with Gasteiger partial charge in [-0.15, -0.1) is 0 Å². The van der Waals surface area contributed by atoms with Crippen molar-refractivity contribution in [2.75, 3.05) is 32.7 Å². The highest BCUT2D eigenvalue weighted by Crippen LogP contribution is 2.07. The van der Waals surface area contributed by atoms with Crippen LogP contribution in [0.2, 0.25) is 0 Å². The summed E-state index contributed by atoms with van der Waals surface area (Å²) >= 11 is 0. The van der Waals surface area contributed by atoms with Crippen LogP contribution in [0, 0.1) is 0 Å². The molecule has 0 aliphatic carbocycles. The topological polar surface area (TPSA) is 35.5 Å². The maximum Gasteiger partial charge on any atom is 0.0636 e. The third kappa shape index (κ3) is 5.24. The van der Waals surface area contributed by atoms with Gasteiger partial charge in [-0.1, -0.05) is 6.42 Å². The Balaban J connectivity index is 1.92. The summed E-state index contributed by atoms with van der Waals surface area (Å²) in [4.78, 5) is 2.50. The number of nitrogens with zero attached hydrogens (tertiary/aromatic N) is 1. The van der Waals surface area contributed by atoms with E-state index >= 15 is 0 Å². The number of aliphatic hydroxyl groups is 1. The van der Waals surface area contributed by atoms with Gasteiger partial charge in [0, 0.05) is 19.6 Å². The molecule has 3 heteroatoms. The van der Waals surface area contributed by atoms with Crippen LogP contribution >= 0.6 is 0 Å². The molecule has 3 nitrogen and oxygen atoms in total. The minimum absolute atomic E-state index is 0.221. The third-order valence-electron chi connectivity index (χ3n) is 2.49. The van der Waals surface area contributed by atoms with E-state index in [4.69, 9.17) is 5.11 Å². The van der Waals surface area contributed by atoms with E-state index < -0.39 is 0 Å². The third-order valence-corrected chi connectivity index (χ3v) is 2.49. The van der Waals surface area contributed by atoms with E-state index in [0.29, 0.717) is 6.54 Å². The van der Waals surface area contributed by atoms with Gasteiger partial charge in [0.25, 0.3) is 0 Å². The van der Waals surface area contributed by atoms with Crippen molar-refractivity contribution in [2.45, 2.75) is 32.3 Å². The number of hydrogen-bond donors (Lipinski definition) is 2. The quantitative estimate of drug-likeness (QED) is 0.612. The summed E-state index contributed by atoms with van der Waals surface area (Å²) < 4.78 is 0. The molecule has 1 aliphatic rings. The molecule has 0 amide bonds. The molecule has 0 unspecified atom stereocenters. The molecule has 0 aromatic heterocycles. The maximum atomic E-state index is 9.01. The fourth-order valence-electron chi connectivity index (χ4n) is 1.73. The Hall–Kier alpha value is -0.120. The molecule has 0 saturated carbocycles. The van der Waals surface area contributed by atoms with Gasteiger partial charge >= 0.3 is 0 Å². The summed E-state index contributed by atoms with van der Waals surface area (Å²) in [7, 11) is 0. The van der Waals surface area contributed by atoms with Gasteiger partial charge < -0.3 is 15.3 Å². The van der Waals surface area contributed by atoms with E-state index in [1.165, 1.54) is 32.4 Å². The van der Waals surface area contributed by atoms with Crippen LogP contribution < -0.4 is 5.32 Å². The van der Waals surface area contributed by atoms with Gasteiger partial charge in [-0.05, 0) is 32.9 Å². The van der Waals surface area contributed by atoms with Crippen LogP contribution in [-0.2, 0) is 0 Å². The van der Waals surface area contributed by atoms with Gasteiger partial charge in [0.15, 0.2) is 0 Å². The summed E-state index contributed by atoms with van der Waals surface area (Å²) in [6, 6.07) is 0. The average Bonchev–Trinajstić information content (AvgIpc) is 2.14. The van der Waals surface area contributed by atoms with Crippen LogP contribution in [0.1, 0.15) is 26.2 Å². The Labute approximate surface area is 81.1 Å². The van der Waals surface area contributed by atoms with Crippen molar-refractivity contribution in [3.05, 3.63) is 0 Å². The molecule has 0 aromatic rings. The summed E-state index contributed by atoms with van der Waals surface area (Å²) in [5.74, 6) is 0. The molecule has 13 heavy (non-hydrogen) atoms. The summed E-state index contributed by atoms with van der Waals surface area (Å²) in [6.07, 6.45) is 3.89. The molecule has 1 rings (SSSR count). The lowest BCUT2D eigenvalue weighted by Gasteiger charge is -2.26. The van der Waals surface area contributed by atoms with Crippen molar-refractivity contribution >= 4 is 0 Å². The number of piperidine rings is 1. The minimum atomic E-state index is -0.221. The number of nitrogens with one attached hydrogen (secondary N) is 1. The minimum Gasteiger partial charge on any atom is -0.392 e. The summed E-state index contributed by atoms with van der Waals surface area (Å²) in [5.41, 5.74) is 0. The molecule has 1 fully saturated rings. The lowest BCUT2D eigenvalue weighted by atomic mass is 10.1. The summed E-state index contributed by atoms with van der Waals surface area (Å²) in [5, 5.41) is 12.3. The first-order chi connectivity index (χ1) is 6.29. The van der Waals surface area contributed by atoms with E-state index in [1.807, 2.05) is 6.92 Å². The van der Waals surface area contributed by atoms with Crippen LogP contribution in [0.4, 0.5) is 0 Å². The first-order valence-corrected chi connectivity index (χ1v) is 5.40. The SMILES string of the molecule is C[C@H](O)CNCCN1CCCCC1. The molecule has 0 spiro atoms. The molecule has 1 aliphatic heterocycles. The highest BCUT2D eigenvalue weighted by atomic mass is 16.3. The maximum absolute atomic E-state index is 9.01. The number of likely N-dealkylation sites (tertiary alicyclic amines) is 1. The van der Waals surface area contributed by atoms with Crippen molar-refractivity contribution in [1.29, 1.82) is 0 Å². The monoisotopic (exact) mass is 186 g/mol. The molecule has 0 bridgehead atoms. The van der Waals surface area contributed by atoms with E-state index in [9.17, 15) is 0 Å². The molecule has 1 atom stereocenters. The van der Waals surface area contributed by atoms with Crippen molar-refractivity contribution in [3.63, 3.8) is 0 Å². The van der Waals surface area contributed by atoms with Gasteiger partial charge in [0.2, 0.25) is 0 Å². The van der Waals surface area contributed by atoms with E-state index in [0.717, 1.165) is 13.1 Å². The van der Waals surface area contributed by atoms with Crippen LogP contribution in [0.3, 0.4) is 0 Å². The molecule has 1 saturated heterocycles. The fourth-order valence-corrected chi connectivity index (χ4v) is 1.73. The standard InChI is InChI=1S/C10H22N2O/c1-10(13)9-11-5-8-12-6-3-2-4-7-12/h10-11,13H,2-9H2,1H3/t10-/m0/s1. The second kappa shape index (κ2) is 6.35. The largest absolute Gasteiger partial charge is 0.392 e. The van der Waals surface area contributed by atoms with Crippen molar-refractivity contribution < 1.29 is 5.11 Å². The van der Waals surface area contributed by atoms with Crippen molar-refractivity contribution in [2.24, 2.45) is 0 Å². The highest BCUT2D eigenvalue weighted by molar-refractivity contribution is 4.65. The molecule has 0 radical (unpaired) electrons. The zero-order valence-corrected chi connectivity index (χ0v) is 8.63. The van der Waals surface area contributed by atoms with Crippen molar-refractivity contribution in [3.8, 4) is 0 Å². The fraction of sp³-hybridized carbons (Fsp3) is 1.00. The van der Waals surface area contributed by atoms with Crippen LogP contribution in [0.25, 0.3) is 0 Å². The van der Waals surface area contributed by atoms with E-state index in [-0.39, 0.29) is 6.10 Å². The highest BCUT2D eigenvalue weighted by Gasteiger charge is 2.08. The molecule has 2 N–H and O–H groups in total. The Morgan fingerprint density at radius 3 is 2.62 bits per heavy atom. The molecule has 78 valence electrons. The predicted molar refractivity (Wildman–Crippen MR) is 54.8 cm³/mol. The Kier molecular flexibility index (Phi) is 5.35. The average molecular weight is 186 g/mol. The van der Waals surface area contributed by atoms with Gasteiger partial charge in [0.05, 0.1) is 6.10 Å². The lowest BCUT2D eigenvalue weighted by Crippen LogP contribution is -2.37. The smallest absolute Gasteiger partial charge is 0.0636 e. The van der Waals surface area contributed by atoms with Gasteiger partial charge in [-0.25, -0.2) is 0 Å². The second-order valence-electron chi connectivity index (χ2n) is 3.96. The number of rotatable bonds is 5. The molecular formula is C10H22N2O. The van der Waals surface area contributed by atoms with Crippen LogP contribution in [0.5, 0.6) is 0 Å². The number of hydrogen-bond acceptors (Lipinski definition) is 3. The zero-order valence-electron chi connectivity index (χ0n) is 8.63. The molecular weight excluding hydrogens is 164 g/mol. The van der Waals surface area contributed by atoms with Gasteiger partial charge in [-0.2, -0.15) is 0 Å². The Bertz CT molecular complexity index is 122. The summed E-state index contributed by atoms with van der Waals surface area (Å²) in [6.45, 7) is 7.19. The lowest BCUT2D eigenvalue weighted by molar-refractivity contribution is 0.184. The first-order valence-electron chi connectivity index (χ1n) is 5.40. The first kappa shape index (κ1) is 11.0. The van der Waals surface area contributed by atoms with E-state index in [1.54, 1.807) is 0 Å². The zero-order chi connectivity index (χ0) is 9.52. The predicted octanol–water partition coefficient (Wildman–Crippen LogP) is 0.443. The molecule has 0 aromatic carbocycles. The normalized spacial score (nSPS) is 21.7. The van der Waals surface area contributed by atoms with Gasteiger partial charge in [-0.3, -0.25) is 0 Å². The van der Waals surface area contributed by atoms with Crippen molar-refractivity contribution in [1.82, 2.24) is 10.2 Å². The Morgan fingerprint density at radius 2 is 2.00 bits per heavy atom. The second-order valence-corrected chi connectivity index (χ2v) is 3.96. The number of aliphatic hydroxyl groups excluding tert-OH is 1.